The molecule has 1 aliphatic carbocycles. The van der Waals surface area contributed by atoms with Crippen LogP contribution in [0.15, 0.2) is 46.1 Å². The highest BCUT2D eigenvalue weighted by Crippen LogP contribution is 2.38. The van der Waals surface area contributed by atoms with Crippen LogP contribution in [0.1, 0.15) is 53.4 Å². The molecule has 118 valence electrons. The first-order valence-electron chi connectivity index (χ1n) is 7.85. The molecule has 0 aromatic heterocycles. The number of rotatable bonds is 5. The van der Waals surface area contributed by atoms with Crippen LogP contribution in [-0.2, 0) is 14.3 Å². The molecule has 0 bridgehead atoms. The highest BCUT2D eigenvalue weighted by atomic mass is 16.6. The molecule has 2 rings (SSSR count). The average Bonchev–Trinajstić information content (AvgIpc) is 2.72. The number of hydrogen-bond donors (Lipinski definition) is 0. The molecular formula is C19H24O3. The third-order valence-electron chi connectivity index (χ3n) is 4.30. The van der Waals surface area contributed by atoms with Crippen molar-refractivity contribution in [3.05, 3.63) is 46.1 Å². The molecule has 2 aliphatic rings. The molecular weight excluding hydrogens is 276 g/mol. The molecule has 0 radical (unpaired) electrons. The van der Waals surface area contributed by atoms with Crippen molar-refractivity contribution in [1.82, 2.24) is 0 Å². The molecule has 1 unspecified atom stereocenters. The zero-order chi connectivity index (χ0) is 16.3. The molecule has 0 aromatic carbocycles. The van der Waals surface area contributed by atoms with E-state index in [1.54, 1.807) is 0 Å². The van der Waals surface area contributed by atoms with E-state index in [1.165, 1.54) is 11.1 Å². The summed E-state index contributed by atoms with van der Waals surface area (Å²) in [6.45, 7) is 8.35. The Labute approximate surface area is 132 Å². The topological polar surface area (TPSA) is 43.4 Å². The van der Waals surface area contributed by atoms with E-state index in [1.807, 2.05) is 13.0 Å². The Morgan fingerprint density at radius 2 is 1.95 bits per heavy atom. The predicted octanol–water partition coefficient (Wildman–Crippen LogP) is 4.42. The first-order chi connectivity index (χ1) is 10.4. The van der Waals surface area contributed by atoms with Gasteiger partial charge in [-0.05, 0) is 53.4 Å². The lowest BCUT2D eigenvalue weighted by atomic mass is 9.81. The summed E-state index contributed by atoms with van der Waals surface area (Å²) in [5.74, 6) is -0.924. The van der Waals surface area contributed by atoms with Gasteiger partial charge in [0.05, 0.1) is 11.1 Å². The first kappa shape index (κ1) is 16.5. The second-order valence-electron chi connectivity index (χ2n) is 6.38. The van der Waals surface area contributed by atoms with Crippen LogP contribution in [0.2, 0.25) is 0 Å². The number of cyclic esters (lactones) is 2. The quantitative estimate of drug-likeness (QED) is 0.429. The summed E-state index contributed by atoms with van der Waals surface area (Å²) in [5.41, 5.74) is 4.94. The monoisotopic (exact) mass is 300 g/mol. The predicted molar refractivity (Wildman–Crippen MR) is 87.0 cm³/mol. The Morgan fingerprint density at radius 3 is 2.64 bits per heavy atom. The van der Waals surface area contributed by atoms with Crippen molar-refractivity contribution >= 4 is 11.9 Å². The minimum absolute atomic E-state index is 0.0129. The van der Waals surface area contributed by atoms with Gasteiger partial charge in [-0.2, -0.15) is 0 Å². The minimum atomic E-state index is -0.460. The molecule has 22 heavy (non-hydrogen) atoms. The number of carbonyl (C=O) groups excluding carboxylic acids is 2. The lowest BCUT2D eigenvalue weighted by Crippen LogP contribution is -2.15. The summed E-state index contributed by atoms with van der Waals surface area (Å²) in [6, 6.07) is 0. The van der Waals surface area contributed by atoms with E-state index < -0.39 is 11.9 Å². The normalized spacial score (nSPS) is 21.5. The van der Waals surface area contributed by atoms with Gasteiger partial charge < -0.3 is 4.74 Å². The minimum Gasteiger partial charge on any atom is -0.386 e. The van der Waals surface area contributed by atoms with Gasteiger partial charge in [-0.1, -0.05) is 34.9 Å². The Balaban J connectivity index is 2.07. The molecule has 0 aromatic rings. The van der Waals surface area contributed by atoms with Crippen LogP contribution in [0.4, 0.5) is 0 Å². The Kier molecular flexibility index (Phi) is 5.17. The van der Waals surface area contributed by atoms with Gasteiger partial charge in [-0.15, -0.1) is 0 Å². The number of carbonyl (C=O) groups is 2. The zero-order valence-electron chi connectivity index (χ0n) is 13.9. The first-order valence-corrected chi connectivity index (χ1v) is 7.85. The van der Waals surface area contributed by atoms with E-state index >= 15 is 0 Å². The highest BCUT2D eigenvalue weighted by molar-refractivity contribution is 6.13. The number of allylic oxidation sites excluding steroid dienone is 6. The lowest BCUT2D eigenvalue weighted by Gasteiger charge is -2.20. The van der Waals surface area contributed by atoms with E-state index in [2.05, 4.69) is 32.9 Å². The van der Waals surface area contributed by atoms with Gasteiger partial charge in [-0.25, -0.2) is 9.59 Å². The summed E-state index contributed by atoms with van der Waals surface area (Å²) >= 11 is 0. The van der Waals surface area contributed by atoms with Crippen molar-refractivity contribution in [3.8, 4) is 0 Å². The zero-order valence-corrected chi connectivity index (χ0v) is 13.9. The van der Waals surface area contributed by atoms with Gasteiger partial charge in [0.15, 0.2) is 0 Å². The smallest absolute Gasteiger partial charge is 0.343 e. The van der Waals surface area contributed by atoms with Gasteiger partial charge in [0.1, 0.15) is 0 Å². The van der Waals surface area contributed by atoms with E-state index in [-0.39, 0.29) is 5.92 Å². The van der Waals surface area contributed by atoms with Crippen LogP contribution in [0.25, 0.3) is 0 Å². The molecule has 3 heteroatoms. The maximum absolute atomic E-state index is 11.9. The van der Waals surface area contributed by atoms with Crippen LogP contribution in [0.3, 0.4) is 0 Å². The Hall–Kier alpha value is -1.90. The Bertz CT molecular complexity index is 611. The van der Waals surface area contributed by atoms with Gasteiger partial charge in [0.25, 0.3) is 0 Å². The van der Waals surface area contributed by atoms with Crippen molar-refractivity contribution in [1.29, 1.82) is 0 Å². The van der Waals surface area contributed by atoms with Crippen molar-refractivity contribution in [2.45, 2.75) is 53.4 Å². The maximum Gasteiger partial charge on any atom is 0.343 e. The molecule has 0 amide bonds. The second kappa shape index (κ2) is 6.91. The molecule has 0 fully saturated rings. The summed E-state index contributed by atoms with van der Waals surface area (Å²) in [5, 5.41) is 0. The summed E-state index contributed by atoms with van der Waals surface area (Å²) in [6.07, 6.45) is 9.80. The van der Waals surface area contributed by atoms with Crippen LogP contribution in [-0.4, -0.2) is 11.9 Å². The number of ether oxygens (including phenoxy) is 1. The molecule has 3 nitrogen and oxygen atoms in total. The Morgan fingerprint density at radius 1 is 1.23 bits per heavy atom. The summed E-state index contributed by atoms with van der Waals surface area (Å²) < 4.78 is 4.77. The van der Waals surface area contributed by atoms with E-state index in [9.17, 15) is 9.59 Å². The van der Waals surface area contributed by atoms with Crippen molar-refractivity contribution in [2.75, 3.05) is 0 Å². The second-order valence-corrected chi connectivity index (χ2v) is 6.38. The van der Waals surface area contributed by atoms with E-state index in [0.717, 1.165) is 24.8 Å². The molecule has 1 aliphatic heterocycles. The summed E-state index contributed by atoms with van der Waals surface area (Å²) in [7, 11) is 0. The molecule has 0 N–H and O–H groups in total. The molecule has 0 saturated carbocycles. The molecule has 1 heterocycles. The van der Waals surface area contributed by atoms with Crippen molar-refractivity contribution in [3.63, 3.8) is 0 Å². The lowest BCUT2D eigenvalue weighted by molar-refractivity contribution is -0.151. The maximum atomic E-state index is 11.9. The largest absolute Gasteiger partial charge is 0.386 e. The number of esters is 2. The fourth-order valence-corrected chi connectivity index (χ4v) is 2.93. The third kappa shape index (κ3) is 3.65. The molecule has 1 atom stereocenters. The average molecular weight is 300 g/mol. The summed E-state index contributed by atoms with van der Waals surface area (Å²) in [4.78, 5) is 23.6. The van der Waals surface area contributed by atoms with Crippen molar-refractivity contribution in [2.24, 2.45) is 5.92 Å². The number of hydrogen-bond acceptors (Lipinski definition) is 3. The van der Waals surface area contributed by atoms with Gasteiger partial charge >= 0.3 is 11.9 Å². The van der Waals surface area contributed by atoms with Crippen LogP contribution in [0, 0.1) is 5.92 Å². The SMILES string of the molecule is CC(C)=CCC/C(C)=C/CC1C(C)=CCC2=C1C(=O)OC2=O. The van der Waals surface area contributed by atoms with Gasteiger partial charge in [0, 0.05) is 5.92 Å². The van der Waals surface area contributed by atoms with Crippen LogP contribution in [0.5, 0.6) is 0 Å². The standard InChI is InChI=1S/C19H24O3/c1-12(2)6-5-7-13(3)8-10-15-14(4)9-11-16-17(15)19(21)22-18(16)20/h6,8-9,15H,5,7,10-11H2,1-4H3/b13-8+. The van der Waals surface area contributed by atoms with Crippen LogP contribution < -0.4 is 0 Å². The van der Waals surface area contributed by atoms with Crippen molar-refractivity contribution < 1.29 is 14.3 Å². The fraction of sp³-hybridized carbons (Fsp3) is 0.474. The van der Waals surface area contributed by atoms with Gasteiger partial charge in [-0.3, -0.25) is 0 Å². The third-order valence-corrected chi connectivity index (χ3v) is 4.30. The fourth-order valence-electron chi connectivity index (χ4n) is 2.93. The van der Waals surface area contributed by atoms with Gasteiger partial charge in [0.2, 0.25) is 0 Å². The van der Waals surface area contributed by atoms with E-state index in [4.69, 9.17) is 4.74 Å². The molecule has 0 spiro atoms. The van der Waals surface area contributed by atoms with E-state index in [0.29, 0.717) is 17.6 Å². The highest BCUT2D eigenvalue weighted by Gasteiger charge is 2.39. The van der Waals surface area contributed by atoms with Crippen LogP contribution >= 0.6 is 0 Å². The molecule has 0 saturated heterocycles.